The lowest BCUT2D eigenvalue weighted by Gasteiger charge is -2.33. The summed E-state index contributed by atoms with van der Waals surface area (Å²) in [4.78, 5) is 38.8. The van der Waals surface area contributed by atoms with Crippen LogP contribution in [0.5, 0.6) is 0 Å². The average molecular weight is 569 g/mol. The molecule has 0 aliphatic carbocycles. The van der Waals surface area contributed by atoms with Gasteiger partial charge in [-0.2, -0.15) is 4.68 Å². The van der Waals surface area contributed by atoms with Gasteiger partial charge in [-0.1, -0.05) is 23.2 Å². The van der Waals surface area contributed by atoms with Gasteiger partial charge in [0.1, 0.15) is 23.0 Å². The molecule has 1 saturated heterocycles. The first-order chi connectivity index (χ1) is 18.9. The molecule has 11 nitrogen and oxygen atoms in total. The van der Waals surface area contributed by atoms with Gasteiger partial charge in [-0.05, 0) is 59.5 Å². The number of imidazole rings is 1. The first-order valence-electron chi connectivity index (χ1n) is 11.9. The third kappa shape index (κ3) is 4.35. The lowest BCUT2D eigenvalue weighted by molar-refractivity contribution is -0.129. The number of carbonyl (C=O) groups is 2. The summed E-state index contributed by atoms with van der Waals surface area (Å²) >= 11 is 12.4. The number of hydrogen-bond donors (Lipinski definition) is 1. The SMILES string of the molecule is COC(=O)c1ccc(-c2cnc([C@@H]3CCC4CC(c5c(-n6cnnn6)ccc(Cl)c5F)=CC(=O)N43)[nH]2)c(Cl)n1. The van der Waals surface area contributed by atoms with E-state index in [2.05, 4.69) is 35.2 Å². The van der Waals surface area contributed by atoms with E-state index in [0.29, 0.717) is 47.6 Å². The standard InChI is InChI=1S/C25H19Cl2FN8O3/c1-39-25(38)16-5-3-14(23(27)31-16)17-10-29-24(32-17)19-6-2-13-8-12(9-20(37)36(13)19)21-18(35-11-30-33-34-35)7-4-15(26)22(21)28/h3-5,7,9-11,13,19H,2,6,8H2,1H3,(H,29,32)/t13?,19-/m0/s1. The Bertz CT molecular complexity index is 1640. The second kappa shape index (κ2) is 9.86. The van der Waals surface area contributed by atoms with Crippen molar-refractivity contribution in [2.45, 2.75) is 31.3 Å². The third-order valence-corrected chi connectivity index (χ3v) is 7.52. The fraction of sp³-hybridized carbons (Fsp3) is 0.240. The molecule has 4 aromatic rings. The molecule has 1 amide bonds. The predicted molar refractivity (Wildman–Crippen MR) is 137 cm³/mol. The van der Waals surface area contributed by atoms with Crippen LogP contribution in [0.4, 0.5) is 4.39 Å². The molecular formula is C25H19Cl2FN8O3. The zero-order chi connectivity index (χ0) is 27.3. The molecule has 2 aliphatic rings. The molecule has 6 rings (SSSR count). The van der Waals surface area contributed by atoms with Gasteiger partial charge in [-0.3, -0.25) is 4.79 Å². The lowest BCUT2D eigenvalue weighted by Crippen LogP contribution is -2.39. The highest BCUT2D eigenvalue weighted by Gasteiger charge is 2.42. The minimum Gasteiger partial charge on any atom is -0.464 e. The molecule has 3 aromatic heterocycles. The molecule has 1 fully saturated rings. The molecule has 14 heteroatoms. The van der Waals surface area contributed by atoms with Gasteiger partial charge in [0, 0.05) is 23.2 Å². The number of hydrogen-bond acceptors (Lipinski definition) is 8. The highest BCUT2D eigenvalue weighted by atomic mass is 35.5. The van der Waals surface area contributed by atoms with Crippen molar-refractivity contribution in [3.05, 3.63) is 75.9 Å². The number of nitrogens with one attached hydrogen (secondary N) is 1. The van der Waals surface area contributed by atoms with E-state index in [1.807, 2.05) is 0 Å². The lowest BCUT2D eigenvalue weighted by atomic mass is 9.92. The minimum atomic E-state index is -0.633. The number of amides is 1. The van der Waals surface area contributed by atoms with Crippen molar-refractivity contribution >= 4 is 40.7 Å². The molecule has 0 bridgehead atoms. The summed E-state index contributed by atoms with van der Waals surface area (Å²) in [6.45, 7) is 0. The number of pyridine rings is 1. The van der Waals surface area contributed by atoms with E-state index >= 15 is 4.39 Å². The van der Waals surface area contributed by atoms with Gasteiger partial charge in [0.2, 0.25) is 5.91 Å². The Balaban J connectivity index is 1.30. The fourth-order valence-corrected chi connectivity index (χ4v) is 5.61. The van der Waals surface area contributed by atoms with Gasteiger partial charge in [0.25, 0.3) is 0 Å². The minimum absolute atomic E-state index is 0.0576. The maximum atomic E-state index is 15.3. The van der Waals surface area contributed by atoms with E-state index in [1.165, 1.54) is 36.3 Å². The monoisotopic (exact) mass is 568 g/mol. The summed E-state index contributed by atoms with van der Waals surface area (Å²) in [5, 5.41) is 11.2. The highest BCUT2D eigenvalue weighted by Crippen LogP contribution is 2.44. The molecule has 2 aliphatic heterocycles. The van der Waals surface area contributed by atoms with Gasteiger partial charge in [-0.15, -0.1) is 5.10 Å². The molecule has 2 atom stereocenters. The average Bonchev–Trinajstić information content (AvgIpc) is 3.70. The quantitative estimate of drug-likeness (QED) is 0.280. The molecule has 0 saturated carbocycles. The Morgan fingerprint density at radius 2 is 2.05 bits per heavy atom. The Morgan fingerprint density at radius 3 is 2.79 bits per heavy atom. The molecule has 1 aromatic carbocycles. The number of benzene rings is 1. The van der Waals surface area contributed by atoms with Crippen LogP contribution in [0.2, 0.25) is 10.2 Å². The molecule has 1 N–H and O–H groups in total. The maximum Gasteiger partial charge on any atom is 0.356 e. The summed E-state index contributed by atoms with van der Waals surface area (Å²) in [6, 6.07) is 5.74. The second-order valence-electron chi connectivity index (χ2n) is 9.08. The Labute approximate surface area is 230 Å². The first-order valence-corrected chi connectivity index (χ1v) is 12.7. The number of aromatic amines is 1. The molecule has 39 heavy (non-hydrogen) atoms. The van der Waals surface area contributed by atoms with Crippen LogP contribution in [-0.4, -0.2) is 65.1 Å². The van der Waals surface area contributed by atoms with Crippen molar-refractivity contribution in [2.24, 2.45) is 0 Å². The van der Waals surface area contributed by atoms with Crippen molar-refractivity contribution in [3.8, 4) is 16.9 Å². The highest BCUT2D eigenvalue weighted by molar-refractivity contribution is 6.32. The molecule has 5 heterocycles. The number of rotatable bonds is 5. The first kappa shape index (κ1) is 25.1. The predicted octanol–water partition coefficient (Wildman–Crippen LogP) is 4.20. The summed E-state index contributed by atoms with van der Waals surface area (Å²) in [7, 11) is 1.26. The zero-order valence-corrected chi connectivity index (χ0v) is 21.8. The van der Waals surface area contributed by atoms with E-state index in [1.54, 1.807) is 23.2 Å². The van der Waals surface area contributed by atoms with Crippen molar-refractivity contribution < 1.29 is 18.7 Å². The number of fused-ring (bicyclic) bond motifs is 1. The van der Waals surface area contributed by atoms with Crippen LogP contribution in [0.25, 0.3) is 22.5 Å². The number of ether oxygens (including phenoxy) is 1. The summed E-state index contributed by atoms with van der Waals surface area (Å²) in [5.41, 5.74) is 2.35. The number of methoxy groups -OCH3 is 1. The van der Waals surface area contributed by atoms with Gasteiger partial charge >= 0.3 is 5.97 Å². The van der Waals surface area contributed by atoms with Crippen LogP contribution < -0.4 is 0 Å². The van der Waals surface area contributed by atoms with E-state index < -0.39 is 11.8 Å². The fourth-order valence-electron chi connectivity index (χ4n) is 5.20. The summed E-state index contributed by atoms with van der Waals surface area (Å²) < 4.78 is 21.3. The zero-order valence-electron chi connectivity index (χ0n) is 20.3. The number of tetrazole rings is 1. The van der Waals surface area contributed by atoms with Crippen molar-refractivity contribution in [1.29, 1.82) is 0 Å². The second-order valence-corrected chi connectivity index (χ2v) is 9.85. The molecule has 1 unspecified atom stereocenters. The largest absolute Gasteiger partial charge is 0.464 e. The van der Waals surface area contributed by atoms with Crippen LogP contribution in [-0.2, 0) is 9.53 Å². The number of esters is 1. The number of H-pyrrole nitrogens is 1. The smallest absolute Gasteiger partial charge is 0.356 e. The topological polar surface area (TPSA) is 132 Å². The number of aromatic nitrogens is 7. The van der Waals surface area contributed by atoms with Gasteiger partial charge in [0.15, 0.2) is 5.82 Å². The Morgan fingerprint density at radius 1 is 1.21 bits per heavy atom. The molecule has 0 radical (unpaired) electrons. The van der Waals surface area contributed by atoms with E-state index in [4.69, 9.17) is 23.2 Å². The van der Waals surface area contributed by atoms with Crippen LogP contribution in [0.15, 0.2) is 42.9 Å². The Kier molecular flexibility index (Phi) is 6.35. The number of nitrogens with zero attached hydrogens (tertiary/aromatic N) is 7. The molecule has 0 spiro atoms. The Hall–Kier alpha value is -4.16. The number of halogens is 3. The third-order valence-electron chi connectivity index (χ3n) is 6.94. The maximum absolute atomic E-state index is 15.3. The van der Waals surface area contributed by atoms with Crippen LogP contribution >= 0.6 is 23.2 Å². The number of carbonyl (C=O) groups excluding carboxylic acids is 2. The van der Waals surface area contributed by atoms with E-state index in [0.717, 1.165) is 0 Å². The van der Waals surface area contributed by atoms with Crippen molar-refractivity contribution in [2.75, 3.05) is 7.11 Å². The van der Waals surface area contributed by atoms with E-state index in [9.17, 15) is 9.59 Å². The summed E-state index contributed by atoms with van der Waals surface area (Å²) in [5.74, 6) is -0.893. The van der Waals surface area contributed by atoms with Crippen LogP contribution in [0.1, 0.15) is 47.2 Å². The van der Waals surface area contributed by atoms with Crippen LogP contribution in [0, 0.1) is 5.82 Å². The van der Waals surface area contributed by atoms with Gasteiger partial charge in [0.05, 0.1) is 35.8 Å². The molecule has 198 valence electrons. The van der Waals surface area contributed by atoms with Gasteiger partial charge < -0.3 is 14.6 Å². The van der Waals surface area contributed by atoms with Crippen molar-refractivity contribution in [1.82, 2.24) is 40.1 Å². The normalized spacial score (nSPS) is 18.7. The van der Waals surface area contributed by atoms with Gasteiger partial charge in [-0.25, -0.2) is 19.2 Å². The van der Waals surface area contributed by atoms with E-state index in [-0.39, 0.29) is 39.4 Å². The van der Waals surface area contributed by atoms with Crippen LogP contribution in [0.3, 0.4) is 0 Å². The summed E-state index contributed by atoms with van der Waals surface area (Å²) in [6.07, 6.45) is 6.19. The van der Waals surface area contributed by atoms with Crippen molar-refractivity contribution in [3.63, 3.8) is 0 Å². The molecular weight excluding hydrogens is 550 g/mol.